The first kappa shape index (κ1) is 16.4. The fraction of sp³-hybridized carbons (Fsp3) is 0.444. The molecule has 0 saturated carbocycles. The molecular formula is C18H22N2O4. The van der Waals surface area contributed by atoms with Crippen LogP contribution in [-0.4, -0.2) is 30.6 Å². The predicted molar refractivity (Wildman–Crippen MR) is 91.7 cm³/mol. The molecule has 0 bridgehead atoms. The van der Waals surface area contributed by atoms with Gasteiger partial charge in [-0.1, -0.05) is 13.8 Å². The number of carbonyl (C=O) groups excluding carboxylic acids is 1. The highest BCUT2D eigenvalue weighted by atomic mass is 16.6. The predicted octanol–water partition coefficient (Wildman–Crippen LogP) is 2.00. The molecule has 6 heteroatoms. The second kappa shape index (κ2) is 6.95. The molecule has 1 amide bonds. The number of carbonyl (C=O) groups is 1. The van der Waals surface area contributed by atoms with Gasteiger partial charge in [-0.3, -0.25) is 9.59 Å². The maximum Gasteiger partial charge on any atom is 0.251 e. The second-order valence-electron chi connectivity index (χ2n) is 6.40. The third-order valence-electron chi connectivity index (χ3n) is 3.91. The minimum Gasteiger partial charge on any atom is -0.486 e. The molecule has 1 aromatic carbocycles. The Labute approximate surface area is 140 Å². The number of aromatic nitrogens is 1. The van der Waals surface area contributed by atoms with Crippen LogP contribution in [0.3, 0.4) is 0 Å². The highest BCUT2D eigenvalue weighted by Gasteiger charge is 2.14. The van der Waals surface area contributed by atoms with Crippen LogP contribution in [0.5, 0.6) is 11.5 Å². The number of hydrogen-bond donors (Lipinski definition) is 2. The Kier molecular flexibility index (Phi) is 4.74. The SMILES string of the molecule is CC(C)CNC(=O)CCc1cc2cc3c(cc2[nH]c1=O)OCCO3. The zero-order chi connectivity index (χ0) is 17.1. The van der Waals surface area contributed by atoms with Gasteiger partial charge in [-0.2, -0.15) is 0 Å². The Bertz CT molecular complexity index is 811. The Hall–Kier alpha value is -2.50. The molecule has 2 aromatic rings. The zero-order valence-electron chi connectivity index (χ0n) is 14.0. The molecule has 128 valence electrons. The number of ether oxygens (including phenoxy) is 2. The quantitative estimate of drug-likeness (QED) is 0.879. The van der Waals surface area contributed by atoms with E-state index in [2.05, 4.69) is 10.3 Å². The molecule has 1 aliphatic rings. The van der Waals surface area contributed by atoms with Crippen LogP contribution in [0.2, 0.25) is 0 Å². The van der Waals surface area contributed by atoms with Crippen molar-refractivity contribution in [3.63, 3.8) is 0 Å². The van der Waals surface area contributed by atoms with E-state index in [9.17, 15) is 9.59 Å². The summed E-state index contributed by atoms with van der Waals surface area (Å²) < 4.78 is 11.1. The summed E-state index contributed by atoms with van der Waals surface area (Å²) in [6.45, 7) is 5.76. The number of aryl methyl sites for hydroxylation is 1. The van der Waals surface area contributed by atoms with Gasteiger partial charge in [0.25, 0.3) is 5.56 Å². The first-order chi connectivity index (χ1) is 11.5. The molecule has 24 heavy (non-hydrogen) atoms. The van der Waals surface area contributed by atoms with Gasteiger partial charge in [-0.25, -0.2) is 0 Å². The van der Waals surface area contributed by atoms with Crippen LogP contribution in [0.1, 0.15) is 25.8 Å². The molecule has 0 fully saturated rings. The average molecular weight is 330 g/mol. The Balaban J connectivity index is 1.77. The van der Waals surface area contributed by atoms with E-state index >= 15 is 0 Å². The van der Waals surface area contributed by atoms with Crippen LogP contribution in [-0.2, 0) is 11.2 Å². The van der Waals surface area contributed by atoms with Gasteiger partial charge in [0, 0.05) is 30.0 Å². The first-order valence-electron chi connectivity index (χ1n) is 8.25. The van der Waals surface area contributed by atoms with E-state index < -0.39 is 0 Å². The van der Waals surface area contributed by atoms with Gasteiger partial charge in [0.1, 0.15) is 13.2 Å². The number of fused-ring (bicyclic) bond motifs is 2. The van der Waals surface area contributed by atoms with E-state index in [1.54, 1.807) is 6.07 Å². The normalized spacial score (nSPS) is 13.3. The molecule has 1 aliphatic heterocycles. The molecule has 0 aliphatic carbocycles. The Morgan fingerprint density at radius 3 is 2.62 bits per heavy atom. The van der Waals surface area contributed by atoms with Crippen molar-refractivity contribution in [2.24, 2.45) is 5.92 Å². The number of nitrogens with one attached hydrogen (secondary N) is 2. The number of benzene rings is 1. The van der Waals surface area contributed by atoms with Crippen LogP contribution < -0.4 is 20.3 Å². The summed E-state index contributed by atoms with van der Waals surface area (Å²) in [7, 11) is 0. The van der Waals surface area contributed by atoms with Gasteiger partial charge < -0.3 is 19.8 Å². The average Bonchev–Trinajstić information content (AvgIpc) is 2.56. The molecule has 0 atom stereocenters. The number of H-pyrrole nitrogens is 1. The van der Waals surface area contributed by atoms with Gasteiger partial charge in [0.2, 0.25) is 5.91 Å². The number of rotatable bonds is 5. The van der Waals surface area contributed by atoms with Gasteiger partial charge in [-0.05, 0) is 24.5 Å². The first-order valence-corrected chi connectivity index (χ1v) is 8.25. The summed E-state index contributed by atoms with van der Waals surface area (Å²) in [5.41, 5.74) is 1.13. The largest absolute Gasteiger partial charge is 0.486 e. The van der Waals surface area contributed by atoms with Crippen molar-refractivity contribution in [2.45, 2.75) is 26.7 Å². The van der Waals surface area contributed by atoms with Gasteiger partial charge >= 0.3 is 0 Å². The third kappa shape index (κ3) is 3.69. The van der Waals surface area contributed by atoms with E-state index in [0.717, 1.165) is 5.39 Å². The van der Waals surface area contributed by atoms with Crippen molar-refractivity contribution in [1.29, 1.82) is 0 Å². The summed E-state index contributed by atoms with van der Waals surface area (Å²) in [5, 5.41) is 3.73. The van der Waals surface area contributed by atoms with E-state index in [1.807, 2.05) is 26.0 Å². The lowest BCUT2D eigenvalue weighted by Gasteiger charge is -2.18. The molecular weight excluding hydrogens is 308 g/mol. The third-order valence-corrected chi connectivity index (χ3v) is 3.91. The van der Waals surface area contributed by atoms with Crippen LogP contribution in [0.4, 0.5) is 0 Å². The minimum atomic E-state index is -0.171. The van der Waals surface area contributed by atoms with Gasteiger partial charge in [0.05, 0.1) is 5.52 Å². The summed E-state index contributed by atoms with van der Waals surface area (Å²) in [5.74, 6) is 1.70. The highest BCUT2D eigenvalue weighted by Crippen LogP contribution is 2.33. The molecule has 3 rings (SSSR count). The topological polar surface area (TPSA) is 80.4 Å². The maximum absolute atomic E-state index is 12.2. The fourth-order valence-electron chi connectivity index (χ4n) is 2.63. The monoisotopic (exact) mass is 330 g/mol. The summed E-state index contributed by atoms with van der Waals surface area (Å²) >= 11 is 0. The Morgan fingerprint density at radius 2 is 1.92 bits per heavy atom. The molecule has 2 N–H and O–H groups in total. The van der Waals surface area contributed by atoms with Crippen LogP contribution in [0.25, 0.3) is 10.9 Å². The van der Waals surface area contributed by atoms with Crippen molar-refractivity contribution in [1.82, 2.24) is 10.3 Å². The van der Waals surface area contributed by atoms with Crippen molar-refractivity contribution in [3.8, 4) is 11.5 Å². The smallest absolute Gasteiger partial charge is 0.251 e. The second-order valence-corrected chi connectivity index (χ2v) is 6.40. The lowest BCUT2D eigenvalue weighted by molar-refractivity contribution is -0.121. The van der Waals surface area contributed by atoms with Crippen LogP contribution >= 0.6 is 0 Å². The van der Waals surface area contributed by atoms with Gasteiger partial charge in [-0.15, -0.1) is 0 Å². The van der Waals surface area contributed by atoms with Crippen LogP contribution in [0, 0.1) is 5.92 Å². The molecule has 0 radical (unpaired) electrons. The highest BCUT2D eigenvalue weighted by molar-refractivity contribution is 5.83. The van der Waals surface area contributed by atoms with E-state index in [1.165, 1.54) is 0 Å². The summed E-state index contributed by atoms with van der Waals surface area (Å²) in [4.78, 5) is 26.9. The van der Waals surface area contributed by atoms with E-state index in [0.29, 0.717) is 61.1 Å². The van der Waals surface area contributed by atoms with Crippen LogP contribution in [0.15, 0.2) is 23.0 Å². The minimum absolute atomic E-state index is 0.0367. The van der Waals surface area contributed by atoms with Crippen molar-refractivity contribution in [3.05, 3.63) is 34.1 Å². The van der Waals surface area contributed by atoms with Crippen molar-refractivity contribution >= 4 is 16.8 Å². The maximum atomic E-state index is 12.2. The fourth-order valence-corrected chi connectivity index (χ4v) is 2.63. The lowest BCUT2D eigenvalue weighted by atomic mass is 10.1. The zero-order valence-corrected chi connectivity index (χ0v) is 14.0. The molecule has 0 spiro atoms. The standard InChI is InChI=1S/C18H22N2O4/c1-11(2)10-19-17(21)4-3-12-7-13-8-15-16(24-6-5-23-15)9-14(13)20-18(12)22/h7-9,11H,3-6,10H2,1-2H3,(H,19,21)(H,20,22). The van der Waals surface area contributed by atoms with E-state index in [4.69, 9.17) is 9.47 Å². The summed E-state index contributed by atoms with van der Waals surface area (Å²) in [6.07, 6.45) is 0.704. The molecule has 2 heterocycles. The number of hydrogen-bond acceptors (Lipinski definition) is 4. The molecule has 0 saturated heterocycles. The number of aromatic amines is 1. The van der Waals surface area contributed by atoms with Crippen molar-refractivity contribution in [2.75, 3.05) is 19.8 Å². The molecule has 1 aromatic heterocycles. The molecule has 6 nitrogen and oxygen atoms in total. The van der Waals surface area contributed by atoms with Crippen molar-refractivity contribution < 1.29 is 14.3 Å². The van der Waals surface area contributed by atoms with E-state index in [-0.39, 0.29) is 11.5 Å². The Morgan fingerprint density at radius 1 is 1.21 bits per heavy atom. The number of pyridine rings is 1. The number of amides is 1. The van der Waals surface area contributed by atoms with Gasteiger partial charge in [0.15, 0.2) is 11.5 Å². The molecule has 0 unspecified atom stereocenters. The lowest BCUT2D eigenvalue weighted by Crippen LogP contribution is -2.28. The summed E-state index contributed by atoms with van der Waals surface area (Å²) in [6, 6.07) is 5.47.